The Balaban J connectivity index is 2.84. The second kappa shape index (κ2) is 3.92. The van der Waals surface area contributed by atoms with Crippen LogP contribution in [-0.2, 0) is 10.3 Å². The molecule has 0 atom stereocenters. The third-order valence-corrected chi connectivity index (χ3v) is 3.01. The molecule has 0 bridgehead atoms. The third kappa shape index (κ3) is 2.42. The lowest BCUT2D eigenvalue weighted by Crippen LogP contribution is -2.39. The summed E-state index contributed by atoms with van der Waals surface area (Å²) in [6.45, 7) is 9.25. The van der Waals surface area contributed by atoms with Gasteiger partial charge in [0.2, 0.25) is 5.91 Å². The Hall–Kier alpha value is -1.16. The topological polar surface area (TPSA) is 42.0 Å². The number of thiazole rings is 1. The van der Waals surface area contributed by atoms with Crippen LogP contribution in [0.4, 0.5) is 0 Å². The summed E-state index contributed by atoms with van der Waals surface area (Å²) in [7, 11) is 0. The van der Waals surface area contributed by atoms with Gasteiger partial charge in [0.05, 0.1) is 5.54 Å². The van der Waals surface area contributed by atoms with Crippen LogP contribution in [0.2, 0.25) is 0 Å². The van der Waals surface area contributed by atoms with Gasteiger partial charge in [-0.2, -0.15) is 0 Å². The van der Waals surface area contributed by atoms with E-state index in [0.29, 0.717) is 0 Å². The van der Waals surface area contributed by atoms with Crippen molar-refractivity contribution >= 4 is 17.2 Å². The Morgan fingerprint density at radius 1 is 1.71 bits per heavy atom. The van der Waals surface area contributed by atoms with Gasteiger partial charge in [0.15, 0.2) is 0 Å². The lowest BCUT2D eigenvalue weighted by molar-refractivity contribution is -0.118. The van der Waals surface area contributed by atoms with Crippen molar-refractivity contribution in [2.45, 2.75) is 26.3 Å². The van der Waals surface area contributed by atoms with Gasteiger partial charge in [-0.05, 0) is 26.8 Å². The van der Waals surface area contributed by atoms with Gasteiger partial charge in [0.1, 0.15) is 5.01 Å². The molecule has 0 saturated heterocycles. The first kappa shape index (κ1) is 10.9. The highest BCUT2D eigenvalue weighted by atomic mass is 32.1. The smallest absolute Gasteiger partial charge is 0.244 e. The number of carbonyl (C=O) groups is 1. The summed E-state index contributed by atoms with van der Waals surface area (Å²) in [4.78, 5) is 16.5. The van der Waals surface area contributed by atoms with E-state index >= 15 is 0 Å². The number of rotatable bonds is 3. The Labute approximate surface area is 87.9 Å². The minimum absolute atomic E-state index is 0.178. The van der Waals surface area contributed by atoms with E-state index in [-0.39, 0.29) is 5.91 Å². The zero-order chi connectivity index (χ0) is 10.8. The lowest BCUT2D eigenvalue weighted by atomic mass is 10.1. The lowest BCUT2D eigenvalue weighted by Gasteiger charge is -2.22. The van der Waals surface area contributed by atoms with Gasteiger partial charge in [0, 0.05) is 11.1 Å². The molecule has 0 aliphatic heterocycles. The van der Waals surface area contributed by atoms with E-state index in [0.717, 1.165) is 9.88 Å². The fourth-order valence-electron chi connectivity index (χ4n) is 1.06. The van der Waals surface area contributed by atoms with Crippen molar-refractivity contribution in [1.82, 2.24) is 10.3 Å². The Kier molecular flexibility index (Phi) is 3.06. The summed E-state index contributed by atoms with van der Waals surface area (Å²) in [6.07, 6.45) is 3.07. The molecule has 1 rings (SSSR count). The van der Waals surface area contributed by atoms with Gasteiger partial charge >= 0.3 is 0 Å². The van der Waals surface area contributed by atoms with E-state index in [9.17, 15) is 4.79 Å². The maximum absolute atomic E-state index is 11.2. The van der Waals surface area contributed by atoms with Gasteiger partial charge in [-0.1, -0.05) is 6.58 Å². The number of carbonyl (C=O) groups excluding carboxylic acids is 1. The summed E-state index contributed by atoms with van der Waals surface area (Å²) in [5.74, 6) is -0.178. The molecule has 0 aromatic carbocycles. The minimum Gasteiger partial charge on any atom is -0.341 e. The predicted octanol–water partition coefficient (Wildman–Crippen LogP) is 1.99. The van der Waals surface area contributed by atoms with E-state index in [1.165, 1.54) is 6.08 Å². The molecule has 1 aromatic rings. The van der Waals surface area contributed by atoms with Crippen LogP contribution in [0.1, 0.15) is 23.7 Å². The zero-order valence-corrected chi connectivity index (χ0v) is 9.44. The molecule has 0 aliphatic rings. The fraction of sp³-hybridized carbons (Fsp3) is 0.400. The number of aryl methyl sites for hydroxylation is 1. The van der Waals surface area contributed by atoms with Crippen molar-refractivity contribution in [2.75, 3.05) is 0 Å². The minimum atomic E-state index is -0.426. The number of nitrogens with zero attached hydrogens (tertiary/aromatic N) is 1. The van der Waals surface area contributed by atoms with E-state index in [1.54, 1.807) is 11.3 Å². The highest BCUT2D eigenvalue weighted by molar-refractivity contribution is 7.11. The molecule has 0 saturated carbocycles. The molecular weight excluding hydrogens is 196 g/mol. The normalized spacial score (nSPS) is 11.1. The maximum Gasteiger partial charge on any atom is 0.244 e. The van der Waals surface area contributed by atoms with Crippen molar-refractivity contribution < 1.29 is 4.79 Å². The van der Waals surface area contributed by atoms with Crippen molar-refractivity contribution in [1.29, 1.82) is 0 Å². The second-order valence-corrected chi connectivity index (χ2v) is 4.83. The predicted molar refractivity (Wildman–Crippen MR) is 58.2 cm³/mol. The van der Waals surface area contributed by atoms with Crippen molar-refractivity contribution in [3.63, 3.8) is 0 Å². The average molecular weight is 210 g/mol. The van der Waals surface area contributed by atoms with Crippen LogP contribution in [0.3, 0.4) is 0 Å². The molecule has 3 nitrogen and oxygen atoms in total. The van der Waals surface area contributed by atoms with Crippen molar-refractivity contribution in [2.24, 2.45) is 0 Å². The quantitative estimate of drug-likeness (QED) is 0.775. The van der Waals surface area contributed by atoms with Crippen LogP contribution in [-0.4, -0.2) is 10.9 Å². The second-order valence-electron chi connectivity index (χ2n) is 3.59. The van der Waals surface area contributed by atoms with E-state index < -0.39 is 5.54 Å². The molecule has 0 unspecified atom stereocenters. The monoisotopic (exact) mass is 210 g/mol. The number of hydrogen-bond acceptors (Lipinski definition) is 3. The fourth-order valence-corrected chi connectivity index (χ4v) is 1.88. The molecule has 0 radical (unpaired) electrons. The van der Waals surface area contributed by atoms with E-state index in [1.807, 2.05) is 27.0 Å². The SMILES string of the molecule is C=CC(=O)NC(C)(C)c1ncc(C)s1. The molecule has 14 heavy (non-hydrogen) atoms. The van der Waals surface area contributed by atoms with Crippen molar-refractivity contribution in [3.8, 4) is 0 Å². The average Bonchev–Trinajstić information content (AvgIpc) is 2.51. The van der Waals surface area contributed by atoms with Crippen LogP contribution in [0.25, 0.3) is 0 Å². The van der Waals surface area contributed by atoms with E-state index in [4.69, 9.17) is 0 Å². The largest absolute Gasteiger partial charge is 0.341 e. The van der Waals surface area contributed by atoms with E-state index in [2.05, 4.69) is 16.9 Å². The molecule has 76 valence electrons. The van der Waals surface area contributed by atoms with Gasteiger partial charge in [-0.3, -0.25) is 4.79 Å². The molecule has 1 heterocycles. The first-order valence-corrected chi connectivity index (χ1v) is 5.15. The Morgan fingerprint density at radius 2 is 2.36 bits per heavy atom. The number of nitrogens with one attached hydrogen (secondary N) is 1. The summed E-state index contributed by atoms with van der Waals surface area (Å²) in [5.41, 5.74) is -0.426. The molecular formula is C10H14N2OS. The van der Waals surface area contributed by atoms with Gasteiger partial charge < -0.3 is 5.32 Å². The summed E-state index contributed by atoms with van der Waals surface area (Å²) in [6, 6.07) is 0. The van der Waals surface area contributed by atoms with Gasteiger partial charge in [-0.15, -0.1) is 11.3 Å². The van der Waals surface area contributed by atoms with Crippen LogP contribution < -0.4 is 5.32 Å². The molecule has 1 amide bonds. The standard InChI is InChI=1S/C10H14N2OS/c1-5-8(13)12-10(3,4)9-11-6-7(2)14-9/h5-6H,1H2,2-4H3,(H,12,13). The van der Waals surface area contributed by atoms with Gasteiger partial charge in [-0.25, -0.2) is 4.98 Å². The van der Waals surface area contributed by atoms with Crippen LogP contribution >= 0.6 is 11.3 Å². The Bertz CT molecular complexity index is 355. The summed E-state index contributed by atoms with van der Waals surface area (Å²) < 4.78 is 0. The first-order chi connectivity index (χ1) is 6.45. The molecule has 4 heteroatoms. The third-order valence-electron chi connectivity index (χ3n) is 1.78. The van der Waals surface area contributed by atoms with Crippen LogP contribution in [0.5, 0.6) is 0 Å². The Morgan fingerprint density at radius 3 is 2.79 bits per heavy atom. The van der Waals surface area contributed by atoms with Crippen LogP contribution in [0.15, 0.2) is 18.9 Å². The zero-order valence-electron chi connectivity index (χ0n) is 8.63. The molecule has 0 aliphatic carbocycles. The maximum atomic E-state index is 11.2. The molecule has 1 N–H and O–H groups in total. The molecule has 0 spiro atoms. The number of hydrogen-bond donors (Lipinski definition) is 1. The number of amides is 1. The first-order valence-electron chi connectivity index (χ1n) is 4.33. The molecule has 1 aromatic heterocycles. The number of aromatic nitrogens is 1. The van der Waals surface area contributed by atoms with Crippen LogP contribution in [0, 0.1) is 6.92 Å². The molecule has 0 fully saturated rings. The van der Waals surface area contributed by atoms with Gasteiger partial charge in [0.25, 0.3) is 0 Å². The summed E-state index contributed by atoms with van der Waals surface area (Å²) in [5, 5.41) is 3.73. The summed E-state index contributed by atoms with van der Waals surface area (Å²) >= 11 is 1.59. The highest BCUT2D eigenvalue weighted by Gasteiger charge is 2.24. The van der Waals surface area contributed by atoms with Crippen molar-refractivity contribution in [3.05, 3.63) is 28.7 Å². The highest BCUT2D eigenvalue weighted by Crippen LogP contribution is 2.24.